The van der Waals surface area contributed by atoms with E-state index in [0.29, 0.717) is 31.1 Å². The van der Waals surface area contributed by atoms with Crippen molar-refractivity contribution in [2.45, 2.75) is 83.8 Å². The van der Waals surface area contributed by atoms with Crippen LogP contribution < -0.4 is 4.74 Å². The molecule has 2 fully saturated rings. The number of carbonyl (C=O) groups excluding carboxylic acids is 2. The highest BCUT2D eigenvalue weighted by Crippen LogP contribution is 2.52. The van der Waals surface area contributed by atoms with Crippen molar-refractivity contribution in [2.24, 2.45) is 17.8 Å². The van der Waals surface area contributed by atoms with Gasteiger partial charge in [-0.15, -0.1) is 0 Å². The van der Waals surface area contributed by atoms with Gasteiger partial charge in [-0.3, -0.25) is 9.59 Å². The second-order valence-electron chi connectivity index (χ2n) is 11.6. The Morgan fingerprint density at radius 2 is 1.83 bits per heavy atom. The van der Waals surface area contributed by atoms with Gasteiger partial charge in [-0.1, -0.05) is 45.0 Å². The zero-order valence-electron chi connectivity index (χ0n) is 23.0. The van der Waals surface area contributed by atoms with Gasteiger partial charge in [-0.05, 0) is 79.9 Å². The minimum absolute atomic E-state index is 0.0915. The number of benzene rings is 1. The van der Waals surface area contributed by atoms with Crippen molar-refractivity contribution in [3.8, 4) is 5.75 Å². The Labute approximate surface area is 218 Å². The standard InChI is InChI=1S/C30H44O5Si/c1-30(2,3)36(5,6)35-27(16-12-20-34-23-14-8-7-9-15-23)24-18-19-25-26(24)21-22(29(25)32)13-10-11-17-28(31)33-4/h7-9,13-16,24-26H,10-12,17-21H2,1-6H3/t24-,25?,26?/m0/s1. The van der Waals surface area contributed by atoms with Crippen LogP contribution >= 0.6 is 0 Å². The topological polar surface area (TPSA) is 61.8 Å². The van der Waals surface area contributed by atoms with Gasteiger partial charge in [0.15, 0.2) is 5.78 Å². The molecule has 0 N–H and O–H groups in total. The molecule has 5 nitrogen and oxygen atoms in total. The van der Waals surface area contributed by atoms with Crippen LogP contribution in [-0.4, -0.2) is 33.8 Å². The molecule has 36 heavy (non-hydrogen) atoms. The first-order chi connectivity index (χ1) is 17.0. The fourth-order valence-corrected chi connectivity index (χ4v) is 6.17. The Balaban J connectivity index is 1.71. The molecule has 0 bridgehead atoms. The number of rotatable bonds is 11. The molecular weight excluding hydrogens is 468 g/mol. The molecular formula is C30H44O5Si. The predicted molar refractivity (Wildman–Crippen MR) is 146 cm³/mol. The SMILES string of the molecule is COC(=O)CCCC=C1CC2C(CC[C@@H]2C(=CCCOc2ccccc2)O[Si](C)(C)C(C)(C)C)C1=O. The molecule has 3 atom stereocenters. The number of fused-ring (bicyclic) bond motifs is 1. The Morgan fingerprint density at radius 1 is 1.11 bits per heavy atom. The Kier molecular flexibility index (Phi) is 9.62. The zero-order chi connectivity index (χ0) is 26.3. The van der Waals surface area contributed by atoms with E-state index >= 15 is 0 Å². The summed E-state index contributed by atoms with van der Waals surface area (Å²) in [4.78, 5) is 24.6. The van der Waals surface area contributed by atoms with Crippen molar-refractivity contribution in [1.82, 2.24) is 0 Å². The highest BCUT2D eigenvalue weighted by Gasteiger charge is 2.49. The highest BCUT2D eigenvalue weighted by molar-refractivity contribution is 6.74. The second kappa shape index (κ2) is 12.3. The Bertz CT molecular complexity index is 957. The van der Waals surface area contributed by atoms with Crippen molar-refractivity contribution in [3.63, 3.8) is 0 Å². The molecule has 2 saturated carbocycles. The molecule has 198 valence electrons. The average Bonchev–Trinajstić information content (AvgIpc) is 3.38. The van der Waals surface area contributed by atoms with Crippen LogP contribution in [0.1, 0.15) is 65.7 Å². The third kappa shape index (κ3) is 7.12. The minimum Gasteiger partial charge on any atom is -0.547 e. The lowest BCUT2D eigenvalue weighted by Crippen LogP contribution is -2.41. The van der Waals surface area contributed by atoms with Gasteiger partial charge in [-0.25, -0.2) is 0 Å². The first-order valence-corrected chi connectivity index (χ1v) is 16.3. The van der Waals surface area contributed by atoms with Gasteiger partial charge in [0.2, 0.25) is 8.32 Å². The third-order valence-corrected chi connectivity index (χ3v) is 12.5. The van der Waals surface area contributed by atoms with Gasteiger partial charge < -0.3 is 13.9 Å². The first kappa shape index (κ1) is 28.2. The maximum atomic E-state index is 13.2. The number of ether oxygens (including phenoxy) is 2. The molecule has 0 saturated heterocycles. The van der Waals surface area contributed by atoms with Crippen molar-refractivity contribution in [3.05, 3.63) is 53.8 Å². The minimum atomic E-state index is -2.03. The molecule has 2 unspecified atom stereocenters. The Hall–Kier alpha value is -2.34. The number of hydrogen-bond donors (Lipinski definition) is 0. The number of esters is 1. The van der Waals surface area contributed by atoms with E-state index in [2.05, 4.69) is 46.0 Å². The predicted octanol–water partition coefficient (Wildman–Crippen LogP) is 7.25. The van der Waals surface area contributed by atoms with E-state index in [4.69, 9.17) is 13.9 Å². The van der Waals surface area contributed by atoms with Crippen molar-refractivity contribution < 1.29 is 23.5 Å². The van der Waals surface area contributed by atoms with Crippen LogP contribution in [0.4, 0.5) is 0 Å². The largest absolute Gasteiger partial charge is 0.547 e. The maximum absolute atomic E-state index is 13.2. The fourth-order valence-electron chi connectivity index (χ4n) is 5.04. The van der Waals surface area contributed by atoms with E-state index in [1.165, 1.54) is 7.11 Å². The van der Waals surface area contributed by atoms with Gasteiger partial charge in [0.1, 0.15) is 5.75 Å². The van der Waals surface area contributed by atoms with Crippen LogP contribution in [0.15, 0.2) is 53.8 Å². The summed E-state index contributed by atoms with van der Waals surface area (Å²) < 4.78 is 17.6. The lowest BCUT2D eigenvalue weighted by atomic mass is 9.90. The van der Waals surface area contributed by atoms with Crippen LogP contribution in [0.3, 0.4) is 0 Å². The summed E-state index contributed by atoms with van der Waals surface area (Å²) >= 11 is 0. The Morgan fingerprint density at radius 3 is 2.50 bits per heavy atom. The molecule has 1 aromatic carbocycles. The van der Waals surface area contributed by atoms with Crippen LogP contribution in [0.5, 0.6) is 5.75 Å². The summed E-state index contributed by atoms with van der Waals surface area (Å²) in [7, 11) is -0.620. The molecule has 0 aliphatic heterocycles. The maximum Gasteiger partial charge on any atom is 0.305 e. The van der Waals surface area contributed by atoms with Crippen LogP contribution in [0.25, 0.3) is 0 Å². The van der Waals surface area contributed by atoms with E-state index in [9.17, 15) is 9.59 Å². The number of ketones is 1. The van der Waals surface area contributed by atoms with Crippen molar-refractivity contribution >= 4 is 20.1 Å². The first-order valence-electron chi connectivity index (χ1n) is 13.4. The van der Waals surface area contributed by atoms with Gasteiger partial charge >= 0.3 is 5.97 Å². The number of para-hydroxylation sites is 1. The molecule has 2 aliphatic carbocycles. The van der Waals surface area contributed by atoms with Gasteiger partial charge in [-0.2, -0.15) is 0 Å². The summed E-state index contributed by atoms with van der Waals surface area (Å²) in [5.41, 5.74) is 0.943. The molecule has 0 heterocycles. The molecule has 0 spiro atoms. The van der Waals surface area contributed by atoms with E-state index in [0.717, 1.165) is 49.2 Å². The summed E-state index contributed by atoms with van der Waals surface area (Å²) in [6.07, 6.45) is 9.64. The second-order valence-corrected chi connectivity index (χ2v) is 16.4. The lowest BCUT2D eigenvalue weighted by molar-refractivity contribution is -0.140. The van der Waals surface area contributed by atoms with Crippen molar-refractivity contribution in [1.29, 1.82) is 0 Å². The molecule has 0 radical (unpaired) electrons. The highest BCUT2D eigenvalue weighted by atomic mass is 28.4. The molecule has 6 heteroatoms. The zero-order valence-corrected chi connectivity index (χ0v) is 24.0. The molecule has 0 amide bonds. The number of allylic oxidation sites excluding steroid dienone is 3. The van der Waals surface area contributed by atoms with Crippen LogP contribution in [0.2, 0.25) is 18.1 Å². The fraction of sp³-hybridized carbons (Fsp3) is 0.600. The number of methoxy groups -OCH3 is 1. The average molecular weight is 513 g/mol. The van der Waals surface area contributed by atoms with Gasteiger partial charge in [0.25, 0.3) is 0 Å². The van der Waals surface area contributed by atoms with E-state index < -0.39 is 8.32 Å². The summed E-state index contributed by atoms with van der Waals surface area (Å²) in [5, 5.41) is 0.0980. The number of hydrogen-bond acceptors (Lipinski definition) is 5. The van der Waals surface area contributed by atoms with Crippen molar-refractivity contribution in [2.75, 3.05) is 13.7 Å². The summed E-state index contributed by atoms with van der Waals surface area (Å²) in [5.74, 6) is 2.72. The van der Waals surface area contributed by atoms with Crippen LogP contribution in [-0.2, 0) is 18.8 Å². The van der Waals surface area contributed by atoms with Gasteiger partial charge in [0, 0.05) is 24.7 Å². The molecule has 3 rings (SSSR count). The van der Waals surface area contributed by atoms with Crippen LogP contribution in [0, 0.1) is 17.8 Å². The number of Topliss-reactive ketones (excluding diaryl/α,β-unsaturated/α-hetero) is 1. The van der Waals surface area contributed by atoms with E-state index in [-0.39, 0.29) is 22.8 Å². The number of carbonyl (C=O) groups is 2. The molecule has 0 aromatic heterocycles. The summed E-state index contributed by atoms with van der Waals surface area (Å²) in [6.45, 7) is 12.0. The van der Waals surface area contributed by atoms with E-state index in [1.807, 2.05) is 30.3 Å². The monoisotopic (exact) mass is 512 g/mol. The smallest absolute Gasteiger partial charge is 0.305 e. The number of unbranched alkanes of at least 4 members (excludes halogenated alkanes) is 1. The molecule has 1 aromatic rings. The quantitative estimate of drug-likeness (QED) is 0.103. The normalized spacial score (nSPS) is 23.6. The summed E-state index contributed by atoms with van der Waals surface area (Å²) in [6, 6.07) is 9.89. The lowest BCUT2D eigenvalue weighted by Gasteiger charge is -2.39. The van der Waals surface area contributed by atoms with Gasteiger partial charge in [0.05, 0.1) is 19.5 Å². The van der Waals surface area contributed by atoms with E-state index in [1.54, 1.807) is 0 Å². The third-order valence-electron chi connectivity index (χ3n) is 8.15. The molecule has 2 aliphatic rings.